The fraction of sp³-hybridized carbons (Fsp3) is 0.115. The summed E-state index contributed by atoms with van der Waals surface area (Å²) in [5, 5.41) is 10.6. The lowest BCUT2D eigenvalue weighted by atomic mass is 9.99. The van der Waals surface area contributed by atoms with Crippen molar-refractivity contribution in [3.8, 4) is 11.3 Å². The molecule has 0 radical (unpaired) electrons. The molecule has 32 heavy (non-hydrogen) atoms. The molecule has 156 valence electrons. The summed E-state index contributed by atoms with van der Waals surface area (Å²) in [5.41, 5.74) is 6.05. The van der Waals surface area contributed by atoms with E-state index in [9.17, 15) is 0 Å². The minimum atomic E-state index is 0.666. The van der Waals surface area contributed by atoms with Crippen LogP contribution in [0, 0.1) is 0 Å². The predicted octanol–water partition coefficient (Wildman–Crippen LogP) is 5.89. The summed E-state index contributed by atoms with van der Waals surface area (Å²) in [6, 6.07) is 26.5. The molecule has 1 aliphatic rings. The molecule has 1 aliphatic heterocycles. The van der Waals surface area contributed by atoms with Crippen molar-refractivity contribution in [1.82, 2.24) is 19.8 Å². The second-order valence-corrected chi connectivity index (χ2v) is 8.36. The molecule has 6 rings (SSSR count). The van der Waals surface area contributed by atoms with Gasteiger partial charge in [0, 0.05) is 29.1 Å². The van der Waals surface area contributed by atoms with Crippen LogP contribution in [-0.2, 0) is 0 Å². The Labute approximate surface area is 190 Å². The minimum absolute atomic E-state index is 0.666. The van der Waals surface area contributed by atoms with E-state index in [0.717, 1.165) is 53.1 Å². The maximum atomic E-state index is 6.24. The molecule has 0 bridgehead atoms. The van der Waals surface area contributed by atoms with E-state index in [1.807, 2.05) is 40.9 Å². The van der Waals surface area contributed by atoms with Crippen LogP contribution in [0.4, 0.5) is 5.82 Å². The van der Waals surface area contributed by atoms with Crippen LogP contribution in [0.1, 0.15) is 12.0 Å². The highest BCUT2D eigenvalue weighted by Gasteiger charge is 2.21. The zero-order chi connectivity index (χ0) is 21.5. The fourth-order valence-corrected chi connectivity index (χ4v) is 4.58. The van der Waals surface area contributed by atoms with Gasteiger partial charge in [0.05, 0.1) is 5.52 Å². The van der Waals surface area contributed by atoms with Gasteiger partial charge < -0.3 is 4.90 Å². The van der Waals surface area contributed by atoms with Crippen LogP contribution >= 0.6 is 11.6 Å². The third-order valence-electron chi connectivity index (χ3n) is 5.98. The highest BCUT2D eigenvalue weighted by molar-refractivity contribution is 6.30. The normalized spacial score (nSPS) is 14.2. The average Bonchev–Trinajstić information content (AvgIpc) is 3.29. The molecule has 0 spiro atoms. The molecule has 0 saturated heterocycles. The van der Waals surface area contributed by atoms with Crippen molar-refractivity contribution in [2.75, 3.05) is 18.0 Å². The summed E-state index contributed by atoms with van der Waals surface area (Å²) in [6.45, 7) is 1.72. The van der Waals surface area contributed by atoms with Crippen LogP contribution in [0.2, 0.25) is 5.02 Å². The molecule has 5 aromatic rings. The number of halogens is 1. The lowest BCUT2D eigenvalue weighted by Crippen LogP contribution is -2.29. The van der Waals surface area contributed by atoms with Crippen molar-refractivity contribution >= 4 is 39.5 Å². The van der Waals surface area contributed by atoms with Gasteiger partial charge in [0.25, 0.3) is 0 Å². The summed E-state index contributed by atoms with van der Waals surface area (Å²) in [4.78, 5) is 7.42. The van der Waals surface area contributed by atoms with Gasteiger partial charge in [0.2, 0.25) is 0 Å². The first kappa shape index (κ1) is 19.0. The van der Waals surface area contributed by atoms with E-state index in [1.54, 1.807) is 0 Å². The van der Waals surface area contributed by atoms with E-state index in [2.05, 4.69) is 63.8 Å². The number of benzene rings is 3. The molecule has 0 aliphatic carbocycles. The number of anilines is 1. The molecule has 3 heterocycles. The third-order valence-corrected chi connectivity index (χ3v) is 6.22. The Balaban J connectivity index is 1.48. The molecule has 0 unspecified atom stereocenters. The van der Waals surface area contributed by atoms with Crippen molar-refractivity contribution in [1.29, 1.82) is 0 Å². The summed E-state index contributed by atoms with van der Waals surface area (Å²) in [6.07, 6.45) is 3.29. The van der Waals surface area contributed by atoms with Crippen molar-refractivity contribution in [3.63, 3.8) is 0 Å². The van der Waals surface area contributed by atoms with Crippen molar-refractivity contribution in [2.45, 2.75) is 6.42 Å². The van der Waals surface area contributed by atoms with Crippen LogP contribution in [0.25, 0.3) is 33.4 Å². The SMILES string of the molecule is Clc1cccc(-c2nnn3c2nc(N2CC=C(c4ccccc4)CC2)c2ccccc23)c1. The Morgan fingerprint density at radius 3 is 2.47 bits per heavy atom. The molecular weight excluding hydrogens is 418 g/mol. The second-order valence-electron chi connectivity index (χ2n) is 7.93. The fourth-order valence-electron chi connectivity index (χ4n) is 4.39. The molecular formula is C26H20ClN5. The first-order valence-electron chi connectivity index (χ1n) is 10.7. The molecule has 3 aromatic carbocycles. The minimum Gasteiger partial charge on any atom is -0.352 e. The van der Waals surface area contributed by atoms with Crippen molar-refractivity contribution < 1.29 is 0 Å². The average molecular weight is 438 g/mol. The highest BCUT2D eigenvalue weighted by Crippen LogP contribution is 2.32. The maximum Gasteiger partial charge on any atom is 0.186 e. The van der Waals surface area contributed by atoms with Gasteiger partial charge in [0.1, 0.15) is 11.5 Å². The van der Waals surface area contributed by atoms with E-state index in [0.29, 0.717) is 5.02 Å². The lowest BCUT2D eigenvalue weighted by Gasteiger charge is -2.28. The van der Waals surface area contributed by atoms with Crippen molar-refractivity contribution in [3.05, 3.63) is 95.5 Å². The van der Waals surface area contributed by atoms with E-state index in [1.165, 1.54) is 11.1 Å². The largest absolute Gasteiger partial charge is 0.352 e. The molecule has 5 nitrogen and oxygen atoms in total. The van der Waals surface area contributed by atoms with E-state index >= 15 is 0 Å². The molecule has 0 atom stereocenters. The number of hydrogen-bond donors (Lipinski definition) is 0. The van der Waals surface area contributed by atoms with Gasteiger partial charge in [-0.15, -0.1) is 5.10 Å². The topological polar surface area (TPSA) is 46.3 Å². The van der Waals surface area contributed by atoms with E-state index in [-0.39, 0.29) is 0 Å². The summed E-state index contributed by atoms with van der Waals surface area (Å²) in [7, 11) is 0. The second kappa shape index (κ2) is 7.77. The molecule has 0 amide bonds. The van der Waals surface area contributed by atoms with Gasteiger partial charge in [-0.05, 0) is 41.8 Å². The summed E-state index contributed by atoms with van der Waals surface area (Å²) in [5.74, 6) is 0.960. The quantitative estimate of drug-likeness (QED) is 0.353. The third kappa shape index (κ3) is 3.22. The Morgan fingerprint density at radius 2 is 1.66 bits per heavy atom. The number of nitrogens with zero attached hydrogens (tertiary/aromatic N) is 5. The van der Waals surface area contributed by atoms with Crippen LogP contribution in [0.5, 0.6) is 0 Å². The number of aromatic nitrogens is 4. The lowest BCUT2D eigenvalue weighted by molar-refractivity contribution is 0.816. The van der Waals surface area contributed by atoms with Gasteiger partial charge in [0.15, 0.2) is 5.65 Å². The number of hydrogen-bond acceptors (Lipinski definition) is 4. The van der Waals surface area contributed by atoms with Gasteiger partial charge >= 0.3 is 0 Å². The van der Waals surface area contributed by atoms with Crippen LogP contribution in [0.3, 0.4) is 0 Å². The number of rotatable bonds is 3. The smallest absolute Gasteiger partial charge is 0.186 e. The zero-order valence-corrected chi connectivity index (χ0v) is 18.1. The summed E-state index contributed by atoms with van der Waals surface area (Å²) < 4.78 is 1.82. The number of fused-ring (bicyclic) bond motifs is 3. The van der Waals surface area contributed by atoms with Crippen LogP contribution in [0.15, 0.2) is 84.9 Å². The van der Waals surface area contributed by atoms with Gasteiger partial charge in [-0.25, -0.2) is 4.98 Å². The Bertz CT molecular complexity index is 1470. The monoisotopic (exact) mass is 437 g/mol. The molecule has 6 heteroatoms. The van der Waals surface area contributed by atoms with Gasteiger partial charge in [-0.1, -0.05) is 77.5 Å². The number of para-hydroxylation sites is 1. The first-order valence-corrected chi connectivity index (χ1v) is 11.1. The van der Waals surface area contributed by atoms with Crippen LogP contribution < -0.4 is 4.90 Å². The Morgan fingerprint density at radius 1 is 0.844 bits per heavy atom. The van der Waals surface area contributed by atoms with E-state index < -0.39 is 0 Å². The van der Waals surface area contributed by atoms with E-state index in [4.69, 9.17) is 16.6 Å². The standard InChI is InChI=1S/C26H20ClN5/c27-21-10-6-9-20(17-21)24-26-28-25(22-11-4-5-12-23(22)32(26)30-29-24)31-15-13-19(14-16-31)18-7-2-1-3-8-18/h1-13,17H,14-16H2. The highest BCUT2D eigenvalue weighted by atomic mass is 35.5. The maximum absolute atomic E-state index is 6.24. The molecule has 0 N–H and O–H groups in total. The molecule has 0 saturated carbocycles. The predicted molar refractivity (Wildman–Crippen MR) is 130 cm³/mol. The van der Waals surface area contributed by atoms with Gasteiger partial charge in [-0.3, -0.25) is 0 Å². The van der Waals surface area contributed by atoms with Crippen molar-refractivity contribution in [2.24, 2.45) is 0 Å². The Kier molecular flexibility index (Phi) is 4.62. The summed E-state index contributed by atoms with van der Waals surface area (Å²) >= 11 is 6.24. The zero-order valence-electron chi connectivity index (χ0n) is 17.3. The van der Waals surface area contributed by atoms with Gasteiger partial charge in [-0.2, -0.15) is 4.52 Å². The molecule has 2 aromatic heterocycles. The Hall–Kier alpha value is -3.70. The molecule has 0 fully saturated rings. The first-order chi connectivity index (χ1) is 15.8. The van der Waals surface area contributed by atoms with Crippen LogP contribution in [-0.4, -0.2) is 32.9 Å².